The van der Waals surface area contributed by atoms with Crippen LogP contribution in [-0.4, -0.2) is 12.7 Å². The van der Waals surface area contributed by atoms with Crippen LogP contribution < -0.4 is 0 Å². The standard InChI is InChI=1S/C31H49FO/c1-3-5-7-9-19-33-28-16-14-24-21-27(13-12-25(24)22-28)30-18-15-26-20-23(10-8-6-4-2)11-17-29(26)31(30)32/h15,18,23-25,27-28H,3-14,16-17,19-22H2,1-2H3. The summed E-state index contributed by atoms with van der Waals surface area (Å²) < 4.78 is 21.9. The molecule has 2 saturated carbocycles. The highest BCUT2D eigenvalue weighted by Gasteiger charge is 2.37. The van der Waals surface area contributed by atoms with E-state index in [1.807, 2.05) is 0 Å². The van der Waals surface area contributed by atoms with Crippen molar-refractivity contribution in [2.24, 2.45) is 17.8 Å². The van der Waals surface area contributed by atoms with Gasteiger partial charge in [-0.15, -0.1) is 0 Å². The third-order valence-corrected chi connectivity index (χ3v) is 9.25. The second-order valence-corrected chi connectivity index (χ2v) is 11.6. The molecule has 0 amide bonds. The molecule has 0 heterocycles. The lowest BCUT2D eigenvalue weighted by atomic mass is 9.65. The Labute approximate surface area is 203 Å². The molecule has 0 aliphatic heterocycles. The minimum absolute atomic E-state index is 0.173. The van der Waals surface area contributed by atoms with Gasteiger partial charge in [0, 0.05) is 6.61 Å². The Kier molecular flexibility index (Phi) is 9.71. The van der Waals surface area contributed by atoms with Crippen molar-refractivity contribution in [3.05, 3.63) is 34.6 Å². The zero-order valence-electron chi connectivity index (χ0n) is 21.6. The van der Waals surface area contributed by atoms with Crippen LogP contribution in [0.4, 0.5) is 4.39 Å². The maximum atomic E-state index is 15.7. The van der Waals surface area contributed by atoms with Crippen LogP contribution in [0.15, 0.2) is 12.1 Å². The summed E-state index contributed by atoms with van der Waals surface area (Å²) in [6.07, 6.45) is 21.6. The largest absolute Gasteiger partial charge is 0.378 e. The van der Waals surface area contributed by atoms with E-state index in [-0.39, 0.29) is 5.82 Å². The first-order valence-electron chi connectivity index (χ1n) is 14.6. The van der Waals surface area contributed by atoms with Crippen molar-refractivity contribution in [1.82, 2.24) is 0 Å². The molecule has 5 unspecified atom stereocenters. The second-order valence-electron chi connectivity index (χ2n) is 11.6. The van der Waals surface area contributed by atoms with Gasteiger partial charge in [0.15, 0.2) is 0 Å². The number of halogens is 1. The molecule has 0 aromatic heterocycles. The fourth-order valence-corrected chi connectivity index (χ4v) is 7.21. The van der Waals surface area contributed by atoms with Crippen LogP contribution in [-0.2, 0) is 17.6 Å². The molecule has 0 N–H and O–H groups in total. The molecule has 3 aliphatic carbocycles. The Hall–Kier alpha value is -0.890. The molecular formula is C31H49FO. The maximum Gasteiger partial charge on any atom is 0.130 e. The van der Waals surface area contributed by atoms with Crippen LogP contribution in [0.25, 0.3) is 0 Å². The molecule has 2 fully saturated rings. The van der Waals surface area contributed by atoms with Gasteiger partial charge >= 0.3 is 0 Å². The molecular weight excluding hydrogens is 407 g/mol. The van der Waals surface area contributed by atoms with Crippen molar-refractivity contribution in [3.63, 3.8) is 0 Å². The Bertz CT molecular complexity index is 728. The average Bonchev–Trinajstić information content (AvgIpc) is 2.84. The zero-order valence-corrected chi connectivity index (χ0v) is 21.6. The lowest BCUT2D eigenvalue weighted by Gasteiger charge is -2.42. The minimum atomic E-state index is 0.173. The van der Waals surface area contributed by atoms with Crippen molar-refractivity contribution in [2.75, 3.05) is 6.61 Å². The molecule has 4 rings (SSSR count). The van der Waals surface area contributed by atoms with E-state index in [1.165, 1.54) is 102 Å². The van der Waals surface area contributed by atoms with E-state index in [2.05, 4.69) is 26.0 Å². The van der Waals surface area contributed by atoms with Gasteiger partial charge in [-0.2, -0.15) is 0 Å². The normalized spacial score (nSPS) is 29.5. The first kappa shape index (κ1) is 25.2. The summed E-state index contributed by atoms with van der Waals surface area (Å²) in [4.78, 5) is 0. The summed E-state index contributed by atoms with van der Waals surface area (Å²) in [6, 6.07) is 4.48. The van der Waals surface area contributed by atoms with Gasteiger partial charge in [0.25, 0.3) is 0 Å². The molecule has 5 atom stereocenters. The lowest BCUT2D eigenvalue weighted by Crippen LogP contribution is -2.34. The summed E-state index contributed by atoms with van der Waals surface area (Å²) in [7, 11) is 0. The van der Waals surface area contributed by atoms with Crippen LogP contribution in [0.1, 0.15) is 133 Å². The first-order valence-corrected chi connectivity index (χ1v) is 14.6. The summed E-state index contributed by atoms with van der Waals surface area (Å²) in [5.74, 6) is 2.97. The number of fused-ring (bicyclic) bond motifs is 2. The monoisotopic (exact) mass is 456 g/mol. The number of ether oxygens (including phenoxy) is 1. The van der Waals surface area contributed by atoms with Gasteiger partial charge < -0.3 is 4.74 Å². The smallest absolute Gasteiger partial charge is 0.130 e. The molecule has 2 heteroatoms. The van der Waals surface area contributed by atoms with Gasteiger partial charge in [-0.25, -0.2) is 4.39 Å². The van der Waals surface area contributed by atoms with Gasteiger partial charge in [-0.05, 0) is 105 Å². The molecule has 1 nitrogen and oxygen atoms in total. The fraction of sp³-hybridized carbons (Fsp3) is 0.806. The highest BCUT2D eigenvalue weighted by molar-refractivity contribution is 5.38. The van der Waals surface area contributed by atoms with Crippen molar-refractivity contribution >= 4 is 0 Å². The zero-order chi connectivity index (χ0) is 23.0. The van der Waals surface area contributed by atoms with E-state index in [9.17, 15) is 0 Å². The summed E-state index contributed by atoms with van der Waals surface area (Å²) in [5.41, 5.74) is 3.43. The van der Waals surface area contributed by atoms with E-state index in [0.29, 0.717) is 12.0 Å². The molecule has 3 aliphatic rings. The van der Waals surface area contributed by atoms with Crippen LogP contribution in [0, 0.1) is 23.6 Å². The molecule has 0 spiro atoms. The van der Waals surface area contributed by atoms with Crippen molar-refractivity contribution in [3.8, 4) is 0 Å². The molecule has 1 aromatic carbocycles. The van der Waals surface area contributed by atoms with E-state index < -0.39 is 0 Å². The van der Waals surface area contributed by atoms with Gasteiger partial charge in [-0.1, -0.05) is 70.9 Å². The summed E-state index contributed by atoms with van der Waals surface area (Å²) in [5, 5.41) is 0. The second kappa shape index (κ2) is 12.7. The molecule has 1 aromatic rings. The summed E-state index contributed by atoms with van der Waals surface area (Å²) in [6.45, 7) is 5.49. The quantitative estimate of drug-likeness (QED) is 0.302. The Balaban J connectivity index is 1.29. The first-order chi connectivity index (χ1) is 16.2. The Morgan fingerprint density at radius 1 is 0.848 bits per heavy atom. The van der Waals surface area contributed by atoms with Crippen LogP contribution in [0.3, 0.4) is 0 Å². The van der Waals surface area contributed by atoms with Crippen LogP contribution in [0.2, 0.25) is 0 Å². The van der Waals surface area contributed by atoms with Gasteiger partial charge in [0.2, 0.25) is 0 Å². The van der Waals surface area contributed by atoms with Crippen LogP contribution >= 0.6 is 0 Å². The molecule has 0 radical (unpaired) electrons. The number of hydrogen-bond acceptors (Lipinski definition) is 1. The summed E-state index contributed by atoms with van der Waals surface area (Å²) >= 11 is 0. The SMILES string of the molecule is CCCCCCOC1CCC2CC(c3ccc4c(c3F)CCC(CCCCC)C4)CCC2C1. The van der Waals surface area contributed by atoms with Crippen molar-refractivity contribution in [2.45, 2.75) is 135 Å². The Morgan fingerprint density at radius 2 is 1.64 bits per heavy atom. The third kappa shape index (κ3) is 6.62. The highest BCUT2D eigenvalue weighted by Crippen LogP contribution is 2.48. The third-order valence-electron chi connectivity index (χ3n) is 9.25. The predicted octanol–water partition coefficient (Wildman–Crippen LogP) is 9.16. The van der Waals surface area contributed by atoms with Gasteiger partial charge in [0.1, 0.15) is 5.82 Å². The minimum Gasteiger partial charge on any atom is -0.378 e. The topological polar surface area (TPSA) is 9.23 Å². The Morgan fingerprint density at radius 3 is 2.48 bits per heavy atom. The van der Waals surface area contributed by atoms with Crippen LogP contribution in [0.5, 0.6) is 0 Å². The molecule has 186 valence electrons. The van der Waals surface area contributed by atoms with E-state index in [0.717, 1.165) is 48.3 Å². The van der Waals surface area contributed by atoms with E-state index in [4.69, 9.17) is 4.74 Å². The van der Waals surface area contributed by atoms with Crippen molar-refractivity contribution in [1.29, 1.82) is 0 Å². The number of rotatable bonds is 11. The molecule has 33 heavy (non-hydrogen) atoms. The fourth-order valence-electron chi connectivity index (χ4n) is 7.21. The number of unbranched alkanes of at least 4 members (excludes halogenated alkanes) is 5. The highest BCUT2D eigenvalue weighted by atomic mass is 19.1. The van der Waals surface area contributed by atoms with Gasteiger partial charge in [0.05, 0.1) is 6.10 Å². The lowest BCUT2D eigenvalue weighted by molar-refractivity contribution is -0.0164. The molecule has 0 bridgehead atoms. The van der Waals surface area contributed by atoms with E-state index >= 15 is 4.39 Å². The van der Waals surface area contributed by atoms with Gasteiger partial charge in [-0.3, -0.25) is 0 Å². The van der Waals surface area contributed by atoms with E-state index in [1.54, 1.807) is 0 Å². The van der Waals surface area contributed by atoms with Crippen molar-refractivity contribution < 1.29 is 9.13 Å². The molecule has 0 saturated heterocycles. The number of hydrogen-bond donors (Lipinski definition) is 0. The average molecular weight is 457 g/mol. The number of benzene rings is 1. The maximum absolute atomic E-state index is 15.7. The predicted molar refractivity (Wildman–Crippen MR) is 137 cm³/mol.